The van der Waals surface area contributed by atoms with Gasteiger partial charge in [-0.3, -0.25) is 4.79 Å². The van der Waals surface area contributed by atoms with E-state index < -0.39 is 22.9 Å². The molecule has 0 saturated carbocycles. The summed E-state index contributed by atoms with van der Waals surface area (Å²) < 4.78 is 40.0. The Labute approximate surface area is 174 Å². The molecule has 0 radical (unpaired) electrons. The van der Waals surface area contributed by atoms with Crippen LogP contribution in [0.5, 0.6) is 5.75 Å². The summed E-state index contributed by atoms with van der Waals surface area (Å²) in [6, 6.07) is 10.1. The van der Waals surface area contributed by atoms with Crippen LogP contribution in [0.15, 0.2) is 57.8 Å². The van der Waals surface area contributed by atoms with Crippen LogP contribution >= 0.6 is 27.5 Å². The van der Waals surface area contributed by atoms with Gasteiger partial charge >= 0.3 is 6.18 Å². The van der Waals surface area contributed by atoms with Crippen molar-refractivity contribution in [2.24, 2.45) is 0 Å². The van der Waals surface area contributed by atoms with E-state index in [1.165, 1.54) is 36.4 Å². The average molecular weight is 485 g/mol. The number of benzene rings is 3. The first kappa shape index (κ1) is 19.6. The van der Waals surface area contributed by atoms with Crippen molar-refractivity contribution in [1.82, 2.24) is 4.73 Å². The van der Waals surface area contributed by atoms with Gasteiger partial charge in [-0.25, -0.2) is 0 Å². The van der Waals surface area contributed by atoms with Crippen LogP contribution in [0.3, 0.4) is 0 Å². The maximum absolute atomic E-state index is 13.1. The van der Waals surface area contributed by atoms with Gasteiger partial charge in [-0.2, -0.15) is 17.9 Å². The number of hydrogen-bond acceptors (Lipinski definition) is 3. The quantitative estimate of drug-likeness (QED) is 0.250. The second-order valence-corrected chi connectivity index (χ2v) is 7.59. The lowest BCUT2D eigenvalue weighted by atomic mass is 9.99. The molecule has 0 saturated heterocycles. The number of fused-ring (bicyclic) bond motifs is 2. The van der Waals surface area contributed by atoms with Crippen LogP contribution in [-0.2, 0) is 6.18 Å². The minimum absolute atomic E-state index is 0.0304. The molecule has 3 aromatic carbocycles. The zero-order chi connectivity index (χ0) is 21.1. The van der Waals surface area contributed by atoms with E-state index in [0.29, 0.717) is 4.73 Å². The number of rotatable bonds is 1. The van der Waals surface area contributed by atoms with Gasteiger partial charge in [0.1, 0.15) is 5.75 Å². The number of nitrogens with zero attached hydrogens (tertiary/aromatic N) is 1. The number of pyridine rings is 1. The van der Waals surface area contributed by atoms with Crippen molar-refractivity contribution in [3.05, 3.63) is 73.8 Å². The maximum atomic E-state index is 13.1. The van der Waals surface area contributed by atoms with E-state index in [-0.39, 0.29) is 42.4 Å². The van der Waals surface area contributed by atoms with E-state index in [9.17, 15) is 28.3 Å². The smallest absolute Gasteiger partial charge is 0.416 e. The van der Waals surface area contributed by atoms with Gasteiger partial charge < -0.3 is 10.3 Å². The minimum Gasteiger partial charge on any atom is -0.506 e. The van der Waals surface area contributed by atoms with Gasteiger partial charge in [0.2, 0.25) is 5.43 Å². The third-order valence-electron chi connectivity index (χ3n) is 4.61. The molecule has 148 valence electrons. The Balaban J connectivity index is 2.11. The molecule has 9 heteroatoms. The monoisotopic (exact) mass is 483 g/mol. The fourth-order valence-electron chi connectivity index (χ4n) is 3.23. The molecule has 2 N–H and O–H groups in total. The first-order chi connectivity index (χ1) is 13.6. The van der Waals surface area contributed by atoms with Gasteiger partial charge in [0, 0.05) is 10.6 Å². The molecule has 0 aliphatic carbocycles. The molecule has 0 atom stereocenters. The van der Waals surface area contributed by atoms with Crippen LogP contribution in [0, 0.1) is 0 Å². The fourth-order valence-corrected chi connectivity index (χ4v) is 3.95. The van der Waals surface area contributed by atoms with E-state index in [1.807, 2.05) is 0 Å². The topological polar surface area (TPSA) is 62.5 Å². The lowest BCUT2D eigenvalue weighted by molar-refractivity contribution is -0.137. The van der Waals surface area contributed by atoms with E-state index in [2.05, 4.69) is 15.9 Å². The molecule has 0 spiro atoms. The molecule has 4 nitrogen and oxygen atoms in total. The van der Waals surface area contributed by atoms with Gasteiger partial charge in [-0.15, -0.1) is 0 Å². The Morgan fingerprint density at radius 1 is 1.03 bits per heavy atom. The second-order valence-electron chi connectivity index (χ2n) is 6.36. The third-order valence-corrected chi connectivity index (χ3v) is 5.64. The van der Waals surface area contributed by atoms with Crippen LogP contribution in [0.2, 0.25) is 5.02 Å². The molecule has 0 aliphatic heterocycles. The summed E-state index contributed by atoms with van der Waals surface area (Å²) >= 11 is 9.09. The zero-order valence-electron chi connectivity index (χ0n) is 14.3. The average Bonchev–Trinajstić information content (AvgIpc) is 2.67. The van der Waals surface area contributed by atoms with Crippen molar-refractivity contribution >= 4 is 49.3 Å². The number of halogens is 5. The number of phenolic OH excluding ortho intramolecular Hbond substituents is 1. The summed E-state index contributed by atoms with van der Waals surface area (Å²) in [7, 11) is 0. The highest BCUT2D eigenvalue weighted by Gasteiger charge is 2.31. The van der Waals surface area contributed by atoms with Gasteiger partial charge in [0.05, 0.1) is 31.8 Å². The summed E-state index contributed by atoms with van der Waals surface area (Å²) in [5.74, 6) is -0.496. The molecule has 4 rings (SSSR count). The minimum atomic E-state index is -4.55. The Kier molecular flexibility index (Phi) is 4.51. The maximum Gasteiger partial charge on any atom is 0.416 e. The van der Waals surface area contributed by atoms with Gasteiger partial charge in [0.25, 0.3) is 0 Å². The number of aromatic hydroxyl groups is 1. The molecule has 0 aliphatic rings. The Morgan fingerprint density at radius 3 is 2.45 bits per heavy atom. The molecular weight excluding hydrogens is 475 g/mol. The Morgan fingerprint density at radius 2 is 1.76 bits per heavy atom. The first-order valence-electron chi connectivity index (χ1n) is 8.16. The Bertz CT molecular complexity index is 1370. The molecule has 0 amide bonds. The summed E-state index contributed by atoms with van der Waals surface area (Å²) in [6.45, 7) is 0. The lowest BCUT2D eigenvalue weighted by Gasteiger charge is -2.15. The number of alkyl halides is 3. The molecule has 1 aromatic heterocycles. The SMILES string of the molecule is O=c1c2cc(Cl)ccc2n(O)c2cc(-c3cccc(C(F)(F)F)c3)c(Br)c(O)c12. The molecular formula is C20H10BrClF3NO3. The number of hydrogen-bond donors (Lipinski definition) is 2. The van der Waals surface area contributed by atoms with Crippen molar-refractivity contribution in [3.8, 4) is 16.9 Å². The fraction of sp³-hybridized carbons (Fsp3) is 0.0500. The normalized spacial score (nSPS) is 12.0. The van der Waals surface area contributed by atoms with E-state index >= 15 is 0 Å². The van der Waals surface area contributed by atoms with Crippen LogP contribution in [0.25, 0.3) is 32.9 Å². The van der Waals surface area contributed by atoms with Crippen molar-refractivity contribution in [2.45, 2.75) is 6.18 Å². The van der Waals surface area contributed by atoms with Crippen LogP contribution in [0.1, 0.15) is 5.56 Å². The highest BCUT2D eigenvalue weighted by atomic mass is 79.9. The van der Waals surface area contributed by atoms with Crippen LogP contribution in [-0.4, -0.2) is 15.0 Å². The van der Waals surface area contributed by atoms with Gasteiger partial charge in [-0.05, 0) is 57.9 Å². The van der Waals surface area contributed by atoms with E-state index in [1.54, 1.807) is 0 Å². The molecule has 1 heterocycles. The Hall–Kier alpha value is -2.71. The highest BCUT2D eigenvalue weighted by molar-refractivity contribution is 9.10. The molecule has 0 fully saturated rings. The standard InChI is InChI=1S/C20H10BrClF3NO3/c21-17-12(9-2-1-3-10(6-9)20(23,24)25)8-15-16(19(17)28)18(27)13-7-11(22)4-5-14(13)26(15)29/h1-8,28-29H. The van der Waals surface area contributed by atoms with Crippen LogP contribution < -0.4 is 5.43 Å². The van der Waals surface area contributed by atoms with E-state index in [4.69, 9.17) is 11.6 Å². The van der Waals surface area contributed by atoms with E-state index in [0.717, 1.165) is 12.1 Å². The first-order valence-corrected chi connectivity index (χ1v) is 9.33. The predicted octanol–water partition coefficient (Wildman–Crippen LogP) is 6.20. The summed E-state index contributed by atoms with van der Waals surface area (Å²) in [5, 5.41) is 21.4. The highest BCUT2D eigenvalue weighted by Crippen LogP contribution is 2.41. The summed E-state index contributed by atoms with van der Waals surface area (Å²) in [6.07, 6.45) is -4.55. The second kappa shape index (κ2) is 6.67. The number of aromatic nitrogens is 1. The molecule has 0 unspecified atom stereocenters. The van der Waals surface area contributed by atoms with Gasteiger partial charge in [0.15, 0.2) is 0 Å². The largest absolute Gasteiger partial charge is 0.506 e. The van der Waals surface area contributed by atoms with Crippen molar-refractivity contribution in [3.63, 3.8) is 0 Å². The number of phenols is 1. The summed E-state index contributed by atoms with van der Waals surface area (Å²) in [4.78, 5) is 12.9. The van der Waals surface area contributed by atoms with Crippen LogP contribution in [0.4, 0.5) is 13.2 Å². The predicted molar refractivity (Wildman–Crippen MR) is 108 cm³/mol. The molecule has 29 heavy (non-hydrogen) atoms. The molecule has 0 bridgehead atoms. The third kappa shape index (κ3) is 3.12. The van der Waals surface area contributed by atoms with Crippen molar-refractivity contribution < 1.29 is 23.5 Å². The lowest BCUT2D eigenvalue weighted by Crippen LogP contribution is -2.10. The zero-order valence-corrected chi connectivity index (χ0v) is 16.6. The molecule has 4 aromatic rings. The summed E-state index contributed by atoms with van der Waals surface area (Å²) in [5.41, 5.74) is -1.03. The van der Waals surface area contributed by atoms with Gasteiger partial charge in [-0.1, -0.05) is 23.7 Å². The van der Waals surface area contributed by atoms with Crippen molar-refractivity contribution in [2.75, 3.05) is 0 Å². The van der Waals surface area contributed by atoms with Crippen molar-refractivity contribution in [1.29, 1.82) is 0 Å².